The minimum Gasteiger partial charge on any atom is -0.264 e. The highest BCUT2D eigenvalue weighted by Gasteiger charge is 2.07. The first-order valence-electron chi connectivity index (χ1n) is 8.95. The summed E-state index contributed by atoms with van der Waals surface area (Å²) in [5.41, 5.74) is 3.36. The van der Waals surface area contributed by atoms with Crippen molar-refractivity contribution < 1.29 is 0 Å². The van der Waals surface area contributed by atoms with Gasteiger partial charge in [0.25, 0.3) is 0 Å². The first-order chi connectivity index (χ1) is 12.7. The third-order valence-corrected chi connectivity index (χ3v) is 5.17. The minimum absolute atomic E-state index is 0.624. The molecule has 0 N–H and O–H groups in total. The molecule has 0 amide bonds. The highest BCUT2D eigenvalue weighted by Crippen LogP contribution is 2.19. The first kappa shape index (κ1) is 18.5. The molecule has 3 rings (SSSR count). The van der Waals surface area contributed by atoms with Gasteiger partial charge in [0.1, 0.15) is 5.82 Å². The molecular weight excluding hydrogens is 340 g/mol. The number of thioether (sulfide) groups is 1. The molecule has 1 unspecified atom stereocenters. The predicted molar refractivity (Wildman–Crippen MR) is 107 cm³/mol. The molecule has 5 heteroatoms. The van der Waals surface area contributed by atoms with Crippen LogP contribution in [-0.4, -0.2) is 26.2 Å². The predicted octanol–water partition coefficient (Wildman–Crippen LogP) is 4.86. The standard InChI is InChI=1S/C21H24N4S/c1-16(6-10-21-24-14-20(26-2)15-25-21)5-8-19-9-7-18(13-23-19)17-4-3-11-22-12-17/h3-4,7,9,11-16H,5-6,8,10H2,1-2H3. The lowest BCUT2D eigenvalue weighted by atomic mass is 9.98. The molecule has 0 saturated heterocycles. The largest absolute Gasteiger partial charge is 0.264 e. The second-order valence-corrected chi connectivity index (χ2v) is 7.38. The molecule has 4 nitrogen and oxygen atoms in total. The summed E-state index contributed by atoms with van der Waals surface area (Å²) in [6.07, 6.45) is 15.6. The lowest BCUT2D eigenvalue weighted by Gasteiger charge is -2.11. The number of pyridine rings is 2. The Morgan fingerprint density at radius 3 is 2.31 bits per heavy atom. The van der Waals surface area contributed by atoms with Crippen LogP contribution in [0.15, 0.2) is 60.1 Å². The van der Waals surface area contributed by atoms with E-state index in [2.05, 4.69) is 45.1 Å². The molecule has 0 saturated carbocycles. The Bertz CT molecular complexity index is 789. The van der Waals surface area contributed by atoms with Crippen LogP contribution in [0.2, 0.25) is 0 Å². The van der Waals surface area contributed by atoms with E-state index in [4.69, 9.17) is 0 Å². The van der Waals surface area contributed by atoms with Gasteiger partial charge in [0, 0.05) is 59.1 Å². The molecule has 0 aromatic carbocycles. The van der Waals surface area contributed by atoms with E-state index in [0.29, 0.717) is 5.92 Å². The zero-order chi connectivity index (χ0) is 18.2. The number of rotatable bonds is 8. The number of aromatic nitrogens is 4. The van der Waals surface area contributed by atoms with E-state index in [1.54, 1.807) is 18.0 Å². The van der Waals surface area contributed by atoms with Crippen molar-refractivity contribution in [2.45, 2.75) is 37.5 Å². The van der Waals surface area contributed by atoms with Gasteiger partial charge in [-0.3, -0.25) is 9.97 Å². The van der Waals surface area contributed by atoms with E-state index in [1.165, 1.54) is 0 Å². The summed E-state index contributed by atoms with van der Waals surface area (Å²) in [6.45, 7) is 2.29. The molecular formula is C21H24N4S. The summed E-state index contributed by atoms with van der Waals surface area (Å²) in [5.74, 6) is 1.56. The average molecular weight is 365 g/mol. The molecule has 0 radical (unpaired) electrons. The van der Waals surface area contributed by atoms with E-state index in [1.807, 2.05) is 37.1 Å². The lowest BCUT2D eigenvalue weighted by molar-refractivity contribution is 0.484. The summed E-state index contributed by atoms with van der Waals surface area (Å²) in [7, 11) is 0. The van der Waals surface area contributed by atoms with Gasteiger partial charge in [-0.25, -0.2) is 9.97 Å². The Hall–Kier alpha value is -2.27. The fourth-order valence-corrected chi connectivity index (χ4v) is 3.08. The SMILES string of the molecule is CSc1cnc(CCC(C)CCc2ccc(-c3cccnc3)cn2)nc1. The van der Waals surface area contributed by atoms with Crippen molar-refractivity contribution in [3.05, 3.63) is 66.8 Å². The maximum atomic E-state index is 4.61. The molecule has 3 aromatic rings. The zero-order valence-corrected chi connectivity index (χ0v) is 16.1. The van der Waals surface area contributed by atoms with Crippen LogP contribution in [0.1, 0.15) is 31.3 Å². The molecule has 3 aromatic heterocycles. The Balaban J connectivity index is 1.45. The fraction of sp³-hybridized carbons (Fsp3) is 0.333. The van der Waals surface area contributed by atoms with Crippen molar-refractivity contribution in [3.8, 4) is 11.1 Å². The van der Waals surface area contributed by atoms with Crippen LogP contribution in [0.5, 0.6) is 0 Å². The molecule has 0 spiro atoms. The van der Waals surface area contributed by atoms with Gasteiger partial charge in [-0.15, -0.1) is 11.8 Å². The lowest BCUT2D eigenvalue weighted by Crippen LogP contribution is -2.03. The van der Waals surface area contributed by atoms with Gasteiger partial charge in [-0.05, 0) is 43.6 Å². The third-order valence-electron chi connectivity index (χ3n) is 4.49. The average Bonchev–Trinajstić information content (AvgIpc) is 2.72. The summed E-state index contributed by atoms with van der Waals surface area (Å²) < 4.78 is 0. The van der Waals surface area contributed by atoms with Crippen molar-refractivity contribution in [2.75, 3.05) is 6.26 Å². The van der Waals surface area contributed by atoms with Crippen LogP contribution in [-0.2, 0) is 12.8 Å². The molecule has 0 aliphatic rings. The Kier molecular flexibility index (Phi) is 6.72. The van der Waals surface area contributed by atoms with Crippen molar-refractivity contribution in [1.29, 1.82) is 0 Å². The monoisotopic (exact) mass is 364 g/mol. The second-order valence-electron chi connectivity index (χ2n) is 6.50. The number of nitrogens with zero attached hydrogens (tertiary/aromatic N) is 4. The van der Waals surface area contributed by atoms with Gasteiger partial charge in [-0.1, -0.05) is 19.1 Å². The van der Waals surface area contributed by atoms with Gasteiger partial charge in [0.05, 0.1) is 0 Å². The molecule has 3 heterocycles. The van der Waals surface area contributed by atoms with Crippen LogP contribution in [0.4, 0.5) is 0 Å². The number of aryl methyl sites for hydroxylation is 2. The van der Waals surface area contributed by atoms with Gasteiger partial charge in [0.2, 0.25) is 0 Å². The van der Waals surface area contributed by atoms with Gasteiger partial charge in [-0.2, -0.15) is 0 Å². The summed E-state index contributed by atoms with van der Waals surface area (Å²) in [5, 5.41) is 0. The Labute approximate surface area is 159 Å². The van der Waals surface area contributed by atoms with E-state index < -0.39 is 0 Å². The maximum absolute atomic E-state index is 4.61. The van der Waals surface area contributed by atoms with Crippen LogP contribution < -0.4 is 0 Å². The first-order valence-corrected chi connectivity index (χ1v) is 10.2. The highest BCUT2D eigenvalue weighted by molar-refractivity contribution is 7.98. The number of hydrogen-bond donors (Lipinski definition) is 0. The molecule has 0 fully saturated rings. The fourth-order valence-electron chi connectivity index (χ4n) is 2.77. The molecule has 0 aliphatic heterocycles. The van der Waals surface area contributed by atoms with E-state index in [-0.39, 0.29) is 0 Å². The van der Waals surface area contributed by atoms with Crippen molar-refractivity contribution in [1.82, 2.24) is 19.9 Å². The summed E-state index contributed by atoms with van der Waals surface area (Å²) in [4.78, 5) is 18.7. The quantitative estimate of drug-likeness (QED) is 0.534. The van der Waals surface area contributed by atoms with Gasteiger partial charge < -0.3 is 0 Å². The number of hydrogen-bond acceptors (Lipinski definition) is 5. The van der Waals surface area contributed by atoms with Crippen LogP contribution in [0, 0.1) is 5.92 Å². The molecule has 0 bridgehead atoms. The van der Waals surface area contributed by atoms with Crippen molar-refractivity contribution >= 4 is 11.8 Å². The molecule has 1 atom stereocenters. The molecule has 26 heavy (non-hydrogen) atoms. The van der Waals surface area contributed by atoms with Crippen LogP contribution in [0.3, 0.4) is 0 Å². The smallest absolute Gasteiger partial charge is 0.128 e. The zero-order valence-electron chi connectivity index (χ0n) is 15.3. The minimum atomic E-state index is 0.624. The van der Waals surface area contributed by atoms with Gasteiger partial charge in [0.15, 0.2) is 0 Å². The Morgan fingerprint density at radius 1 is 0.885 bits per heavy atom. The highest BCUT2D eigenvalue weighted by atomic mass is 32.2. The third kappa shape index (κ3) is 5.36. The molecule has 0 aliphatic carbocycles. The van der Waals surface area contributed by atoms with Crippen molar-refractivity contribution in [2.24, 2.45) is 5.92 Å². The van der Waals surface area contributed by atoms with Crippen LogP contribution in [0.25, 0.3) is 11.1 Å². The van der Waals surface area contributed by atoms with Crippen LogP contribution >= 0.6 is 11.8 Å². The van der Waals surface area contributed by atoms with Crippen molar-refractivity contribution in [3.63, 3.8) is 0 Å². The topological polar surface area (TPSA) is 51.6 Å². The summed E-state index contributed by atoms with van der Waals surface area (Å²) in [6, 6.07) is 8.26. The second kappa shape index (κ2) is 9.43. The molecule has 134 valence electrons. The van der Waals surface area contributed by atoms with Gasteiger partial charge >= 0.3 is 0 Å². The maximum Gasteiger partial charge on any atom is 0.128 e. The van der Waals surface area contributed by atoms with E-state index >= 15 is 0 Å². The Morgan fingerprint density at radius 2 is 1.65 bits per heavy atom. The van der Waals surface area contributed by atoms with E-state index in [0.717, 1.165) is 53.2 Å². The normalized spacial score (nSPS) is 12.1. The summed E-state index contributed by atoms with van der Waals surface area (Å²) >= 11 is 1.67. The van der Waals surface area contributed by atoms with E-state index in [9.17, 15) is 0 Å².